The summed E-state index contributed by atoms with van der Waals surface area (Å²) in [6, 6.07) is 16.3. The molecule has 0 bridgehead atoms. The third kappa shape index (κ3) is 5.82. The average molecular weight is 481 g/mol. The number of alkyl carbamates (subject to hydrolysis) is 1. The van der Waals surface area contributed by atoms with Crippen LogP contribution in [-0.2, 0) is 19.1 Å². The highest BCUT2D eigenvalue weighted by Crippen LogP contribution is 2.44. The lowest BCUT2D eigenvalue weighted by molar-refractivity contribution is -0.147. The second-order valence-electron chi connectivity index (χ2n) is 9.16. The van der Waals surface area contributed by atoms with E-state index in [4.69, 9.17) is 14.6 Å². The predicted molar refractivity (Wildman–Crippen MR) is 130 cm³/mol. The fourth-order valence-electron chi connectivity index (χ4n) is 5.18. The van der Waals surface area contributed by atoms with Crippen LogP contribution in [0, 0.1) is 5.92 Å². The van der Waals surface area contributed by atoms with Gasteiger partial charge in [-0.15, -0.1) is 0 Å². The highest BCUT2D eigenvalue weighted by atomic mass is 16.5. The number of hydrogen-bond acceptors (Lipinski definition) is 5. The van der Waals surface area contributed by atoms with Gasteiger partial charge in [0.15, 0.2) is 0 Å². The van der Waals surface area contributed by atoms with Crippen LogP contribution in [0.15, 0.2) is 48.5 Å². The number of carbonyl (C=O) groups is 3. The molecule has 0 radical (unpaired) electrons. The van der Waals surface area contributed by atoms with Gasteiger partial charge in [-0.2, -0.15) is 0 Å². The van der Waals surface area contributed by atoms with Crippen molar-refractivity contribution in [1.82, 2.24) is 10.2 Å². The molecule has 0 unspecified atom stereocenters. The lowest BCUT2D eigenvalue weighted by Crippen LogP contribution is -2.45. The molecule has 0 aliphatic heterocycles. The van der Waals surface area contributed by atoms with Crippen molar-refractivity contribution < 1.29 is 29.0 Å². The molecule has 2 aliphatic carbocycles. The molecule has 0 aromatic heterocycles. The van der Waals surface area contributed by atoms with Gasteiger partial charge in [0.05, 0.1) is 6.61 Å². The number of rotatable bonds is 9. The summed E-state index contributed by atoms with van der Waals surface area (Å²) in [5.41, 5.74) is 4.70. The molecule has 8 nitrogen and oxygen atoms in total. The maximum atomic E-state index is 12.8. The molecule has 0 atom stereocenters. The minimum atomic E-state index is -1.04. The molecule has 8 heteroatoms. The minimum absolute atomic E-state index is 0.00817. The summed E-state index contributed by atoms with van der Waals surface area (Å²) >= 11 is 0. The van der Waals surface area contributed by atoms with Gasteiger partial charge in [0.25, 0.3) is 0 Å². The van der Waals surface area contributed by atoms with Crippen LogP contribution in [0.1, 0.15) is 42.7 Å². The Morgan fingerprint density at radius 2 is 1.57 bits per heavy atom. The van der Waals surface area contributed by atoms with Gasteiger partial charge in [-0.05, 0) is 47.9 Å². The van der Waals surface area contributed by atoms with E-state index < -0.39 is 12.1 Å². The first-order valence-electron chi connectivity index (χ1n) is 12.1. The van der Waals surface area contributed by atoms with Crippen molar-refractivity contribution in [2.45, 2.75) is 37.6 Å². The van der Waals surface area contributed by atoms with Gasteiger partial charge in [0.2, 0.25) is 5.91 Å². The number of carboxylic acids is 1. The van der Waals surface area contributed by atoms with Crippen LogP contribution in [0.25, 0.3) is 11.1 Å². The molecule has 2 aromatic carbocycles. The fraction of sp³-hybridized carbons (Fsp3) is 0.444. The molecule has 2 aliphatic rings. The zero-order chi connectivity index (χ0) is 24.8. The highest BCUT2D eigenvalue weighted by Gasteiger charge is 2.32. The third-order valence-corrected chi connectivity index (χ3v) is 6.95. The molecular formula is C27H32N2O6. The van der Waals surface area contributed by atoms with Gasteiger partial charge in [-0.25, -0.2) is 4.79 Å². The first-order chi connectivity index (χ1) is 17.0. The molecule has 0 spiro atoms. The summed E-state index contributed by atoms with van der Waals surface area (Å²) in [4.78, 5) is 37.9. The summed E-state index contributed by atoms with van der Waals surface area (Å²) in [5.74, 6) is -1.44. The summed E-state index contributed by atoms with van der Waals surface area (Å²) in [6.45, 7) is 0.467. The van der Waals surface area contributed by atoms with Crippen molar-refractivity contribution in [1.29, 1.82) is 0 Å². The number of fused-ring (bicyclic) bond motifs is 3. The van der Waals surface area contributed by atoms with E-state index in [9.17, 15) is 14.4 Å². The zero-order valence-electron chi connectivity index (χ0n) is 19.9. The van der Waals surface area contributed by atoms with Crippen LogP contribution in [-0.4, -0.2) is 67.4 Å². The van der Waals surface area contributed by atoms with Crippen LogP contribution in [0.3, 0.4) is 0 Å². The minimum Gasteiger partial charge on any atom is -0.480 e. The standard InChI is InChI=1S/C27H32N2O6/c1-34-15-14-29(16-25(30)31)26(32)18-10-12-19(13-11-18)28-27(33)35-17-24-22-8-4-2-6-20(22)21-7-3-5-9-23(21)24/h2-9,18-19,24H,10-17H2,1H3,(H,28,33)(H,30,31). The van der Waals surface area contributed by atoms with Gasteiger partial charge in [0.1, 0.15) is 13.2 Å². The van der Waals surface area contributed by atoms with Crippen LogP contribution in [0.2, 0.25) is 0 Å². The fourth-order valence-corrected chi connectivity index (χ4v) is 5.18. The Morgan fingerprint density at radius 1 is 0.971 bits per heavy atom. The molecular weight excluding hydrogens is 448 g/mol. The Bertz CT molecular complexity index is 1020. The number of benzene rings is 2. The van der Waals surface area contributed by atoms with E-state index in [0.717, 1.165) is 0 Å². The van der Waals surface area contributed by atoms with E-state index in [1.54, 1.807) is 0 Å². The van der Waals surface area contributed by atoms with Crippen molar-refractivity contribution in [3.8, 4) is 11.1 Å². The van der Waals surface area contributed by atoms with E-state index in [-0.39, 0.29) is 50.1 Å². The number of methoxy groups -OCH3 is 1. The highest BCUT2D eigenvalue weighted by molar-refractivity contribution is 5.83. The van der Waals surface area contributed by atoms with E-state index in [1.807, 2.05) is 24.3 Å². The summed E-state index contributed by atoms with van der Waals surface area (Å²) in [7, 11) is 1.52. The number of aliphatic carboxylic acids is 1. The molecule has 2 N–H and O–H groups in total. The molecule has 1 fully saturated rings. The first-order valence-corrected chi connectivity index (χ1v) is 12.1. The van der Waals surface area contributed by atoms with E-state index in [2.05, 4.69) is 29.6 Å². The van der Waals surface area contributed by atoms with Crippen LogP contribution < -0.4 is 5.32 Å². The smallest absolute Gasteiger partial charge is 0.407 e. The van der Waals surface area contributed by atoms with Crippen LogP contribution >= 0.6 is 0 Å². The quantitative estimate of drug-likeness (QED) is 0.568. The van der Waals surface area contributed by atoms with Crippen molar-refractivity contribution >= 4 is 18.0 Å². The van der Waals surface area contributed by atoms with Gasteiger partial charge >= 0.3 is 12.1 Å². The third-order valence-electron chi connectivity index (χ3n) is 6.95. The number of nitrogens with zero attached hydrogens (tertiary/aromatic N) is 1. The number of carboxylic acid groups (broad SMARTS) is 1. The van der Waals surface area contributed by atoms with Crippen molar-refractivity contribution in [2.75, 3.05) is 33.4 Å². The maximum absolute atomic E-state index is 12.8. The number of carbonyl (C=O) groups excluding carboxylic acids is 2. The first kappa shape index (κ1) is 24.7. The van der Waals surface area contributed by atoms with Gasteiger partial charge in [0, 0.05) is 31.5 Å². The van der Waals surface area contributed by atoms with Crippen molar-refractivity contribution in [3.05, 3.63) is 59.7 Å². The topological polar surface area (TPSA) is 105 Å². The largest absolute Gasteiger partial charge is 0.480 e. The summed E-state index contributed by atoms with van der Waals surface area (Å²) in [6.07, 6.45) is 2.03. The van der Waals surface area contributed by atoms with E-state index in [0.29, 0.717) is 25.7 Å². The van der Waals surface area contributed by atoms with E-state index in [1.165, 1.54) is 34.3 Å². The van der Waals surface area contributed by atoms with E-state index >= 15 is 0 Å². The van der Waals surface area contributed by atoms with Crippen molar-refractivity contribution in [2.24, 2.45) is 5.92 Å². The number of nitrogens with one attached hydrogen (secondary N) is 1. The summed E-state index contributed by atoms with van der Waals surface area (Å²) in [5, 5.41) is 12.1. The monoisotopic (exact) mass is 480 g/mol. The second kappa shape index (κ2) is 11.4. The molecule has 2 aromatic rings. The van der Waals surface area contributed by atoms with Gasteiger partial charge in [-0.3, -0.25) is 9.59 Å². The number of ether oxygens (including phenoxy) is 2. The molecule has 4 rings (SSSR count). The van der Waals surface area contributed by atoms with Crippen LogP contribution in [0.5, 0.6) is 0 Å². The lowest BCUT2D eigenvalue weighted by atomic mass is 9.85. The Hall–Kier alpha value is -3.39. The number of amides is 2. The predicted octanol–water partition coefficient (Wildman–Crippen LogP) is 3.64. The second-order valence-corrected chi connectivity index (χ2v) is 9.16. The van der Waals surface area contributed by atoms with Crippen LogP contribution in [0.4, 0.5) is 4.79 Å². The van der Waals surface area contributed by atoms with Gasteiger partial charge < -0.3 is 24.8 Å². The molecule has 1 saturated carbocycles. The molecule has 35 heavy (non-hydrogen) atoms. The SMILES string of the molecule is COCCN(CC(=O)O)C(=O)C1CCC(NC(=O)OCC2c3ccccc3-c3ccccc32)CC1. The zero-order valence-corrected chi connectivity index (χ0v) is 19.9. The molecule has 186 valence electrons. The Kier molecular flexibility index (Phi) is 8.02. The Morgan fingerprint density at radius 3 is 2.14 bits per heavy atom. The van der Waals surface area contributed by atoms with Crippen molar-refractivity contribution in [3.63, 3.8) is 0 Å². The molecule has 2 amide bonds. The Balaban J connectivity index is 1.27. The van der Waals surface area contributed by atoms with Gasteiger partial charge in [-0.1, -0.05) is 48.5 Å². The number of hydrogen-bond donors (Lipinski definition) is 2. The summed E-state index contributed by atoms with van der Waals surface area (Å²) < 4.78 is 10.6. The maximum Gasteiger partial charge on any atom is 0.407 e. The lowest BCUT2D eigenvalue weighted by Gasteiger charge is -2.31. The molecule has 0 heterocycles. The Labute approximate surface area is 205 Å². The normalized spacial score (nSPS) is 18.9. The average Bonchev–Trinajstić information content (AvgIpc) is 3.19. The molecule has 0 saturated heterocycles.